The van der Waals surface area contributed by atoms with Gasteiger partial charge in [-0.3, -0.25) is 4.90 Å². The van der Waals surface area contributed by atoms with Crippen molar-refractivity contribution in [3.8, 4) is 0 Å². The monoisotopic (exact) mass is 309 g/mol. The summed E-state index contributed by atoms with van der Waals surface area (Å²) in [6, 6.07) is 11.0. The van der Waals surface area contributed by atoms with E-state index in [4.69, 9.17) is 9.84 Å². The predicted molar refractivity (Wildman–Crippen MR) is 81.4 cm³/mol. The number of aliphatic carboxylic acids is 1. The molecule has 1 aliphatic rings. The molecule has 0 bridgehead atoms. The Morgan fingerprint density at radius 3 is 1.91 bits per heavy atom. The summed E-state index contributed by atoms with van der Waals surface area (Å²) in [5, 5.41) is 18.2. The molecular formula is C16H23NO5. The summed E-state index contributed by atoms with van der Waals surface area (Å²) in [6.07, 6.45) is -1.45. The van der Waals surface area contributed by atoms with E-state index < -0.39 is 29.8 Å². The lowest BCUT2D eigenvalue weighted by Crippen LogP contribution is -2.43. The van der Waals surface area contributed by atoms with Gasteiger partial charge < -0.3 is 14.9 Å². The van der Waals surface area contributed by atoms with Crippen molar-refractivity contribution in [3.05, 3.63) is 36.4 Å². The molecule has 1 aromatic rings. The molecule has 0 aliphatic carbocycles. The summed E-state index contributed by atoms with van der Waals surface area (Å²) in [7, 11) is 0. The normalized spacial score (nSPS) is 20.8. The maximum atomic E-state index is 11.7. The van der Waals surface area contributed by atoms with Crippen molar-refractivity contribution < 1.29 is 24.5 Å². The van der Waals surface area contributed by atoms with Crippen LogP contribution in [0.2, 0.25) is 0 Å². The fourth-order valence-corrected chi connectivity index (χ4v) is 1.96. The Kier molecular flexibility index (Phi) is 6.37. The number of rotatable bonds is 1. The zero-order chi connectivity index (χ0) is 16.8. The minimum Gasteiger partial charge on any atom is -0.480 e. The Hall–Kier alpha value is -2.08. The van der Waals surface area contributed by atoms with Crippen LogP contribution in [0.1, 0.15) is 27.2 Å². The van der Waals surface area contributed by atoms with E-state index in [0.717, 1.165) is 4.90 Å². The van der Waals surface area contributed by atoms with E-state index in [9.17, 15) is 14.7 Å². The summed E-state index contributed by atoms with van der Waals surface area (Å²) in [5.41, 5.74) is -0.673. The van der Waals surface area contributed by atoms with Gasteiger partial charge in [0.05, 0.1) is 12.6 Å². The number of ether oxygens (including phenoxy) is 1. The van der Waals surface area contributed by atoms with E-state index in [0.29, 0.717) is 0 Å². The Bertz CT molecular complexity index is 456. The third-order valence-electron chi connectivity index (χ3n) is 2.86. The lowest BCUT2D eigenvalue weighted by molar-refractivity contribution is -0.142. The third kappa shape index (κ3) is 6.13. The van der Waals surface area contributed by atoms with Gasteiger partial charge in [-0.05, 0) is 20.8 Å². The molecule has 2 atom stereocenters. The highest BCUT2D eigenvalue weighted by Crippen LogP contribution is 2.21. The van der Waals surface area contributed by atoms with Crippen molar-refractivity contribution in [2.24, 2.45) is 0 Å². The van der Waals surface area contributed by atoms with Crippen LogP contribution in [-0.2, 0) is 9.53 Å². The molecule has 0 radical (unpaired) electrons. The van der Waals surface area contributed by atoms with Crippen LogP contribution in [-0.4, -0.2) is 51.5 Å². The van der Waals surface area contributed by atoms with E-state index in [1.807, 2.05) is 36.4 Å². The van der Waals surface area contributed by atoms with Gasteiger partial charge in [0.25, 0.3) is 0 Å². The molecule has 0 aromatic heterocycles. The van der Waals surface area contributed by atoms with E-state index in [1.54, 1.807) is 20.8 Å². The standard InChI is InChI=1S/C10H17NO5.C6H6/c1-10(2,3)16-9(15)11-5-6(12)4-7(11)8(13)14;1-2-4-6-5-3-1/h6-7,12H,4-5H2,1-3H3,(H,13,14);1-6H. The largest absolute Gasteiger partial charge is 0.480 e. The molecule has 2 unspecified atom stereocenters. The zero-order valence-electron chi connectivity index (χ0n) is 13.1. The van der Waals surface area contributed by atoms with Crippen molar-refractivity contribution >= 4 is 12.1 Å². The molecule has 1 heterocycles. The first kappa shape index (κ1) is 18.0. The van der Waals surface area contributed by atoms with Crippen LogP contribution < -0.4 is 0 Å². The number of aliphatic hydroxyl groups excluding tert-OH is 1. The van der Waals surface area contributed by atoms with Crippen LogP contribution in [0, 0.1) is 0 Å². The highest BCUT2D eigenvalue weighted by Gasteiger charge is 2.40. The lowest BCUT2D eigenvalue weighted by Gasteiger charge is -2.26. The highest BCUT2D eigenvalue weighted by atomic mass is 16.6. The number of benzene rings is 1. The Morgan fingerprint density at radius 2 is 1.55 bits per heavy atom. The molecule has 1 saturated heterocycles. The highest BCUT2D eigenvalue weighted by molar-refractivity contribution is 5.81. The van der Waals surface area contributed by atoms with Gasteiger partial charge in [-0.1, -0.05) is 36.4 Å². The first-order valence-corrected chi connectivity index (χ1v) is 7.11. The van der Waals surface area contributed by atoms with Gasteiger partial charge in [0.2, 0.25) is 0 Å². The number of nitrogens with zero attached hydrogens (tertiary/aromatic N) is 1. The van der Waals surface area contributed by atoms with Gasteiger partial charge in [0, 0.05) is 6.42 Å². The maximum Gasteiger partial charge on any atom is 0.411 e. The summed E-state index contributed by atoms with van der Waals surface area (Å²) < 4.78 is 5.06. The predicted octanol–water partition coefficient (Wildman–Crippen LogP) is 2.13. The summed E-state index contributed by atoms with van der Waals surface area (Å²) in [5.74, 6) is -1.12. The Labute approximate surface area is 130 Å². The number of amides is 1. The summed E-state index contributed by atoms with van der Waals surface area (Å²) >= 11 is 0. The second kappa shape index (κ2) is 7.79. The number of likely N-dealkylation sites (tertiary alicyclic amines) is 1. The van der Waals surface area contributed by atoms with E-state index in [1.165, 1.54) is 0 Å². The first-order valence-electron chi connectivity index (χ1n) is 7.11. The van der Waals surface area contributed by atoms with Crippen LogP contribution in [0.4, 0.5) is 4.79 Å². The zero-order valence-corrected chi connectivity index (χ0v) is 13.1. The van der Waals surface area contributed by atoms with Crippen molar-refractivity contribution in [1.29, 1.82) is 0 Å². The molecule has 6 nitrogen and oxygen atoms in total. The molecule has 22 heavy (non-hydrogen) atoms. The number of β-amino-alcohol motifs (C(OH)–C–C–N with tert-alkyl or cyclic N) is 1. The number of hydrogen-bond acceptors (Lipinski definition) is 4. The second-order valence-electron chi connectivity index (χ2n) is 6.03. The number of carboxylic acids is 1. The molecule has 0 spiro atoms. The van der Waals surface area contributed by atoms with Gasteiger partial charge in [-0.15, -0.1) is 0 Å². The molecule has 2 rings (SSSR count). The lowest BCUT2D eigenvalue weighted by atomic mass is 10.2. The molecule has 2 N–H and O–H groups in total. The molecule has 1 amide bonds. The minimum absolute atomic E-state index is 0.00583. The van der Waals surface area contributed by atoms with Crippen LogP contribution in [0.3, 0.4) is 0 Å². The van der Waals surface area contributed by atoms with Gasteiger partial charge in [0.15, 0.2) is 0 Å². The van der Waals surface area contributed by atoms with Crippen LogP contribution >= 0.6 is 0 Å². The van der Waals surface area contributed by atoms with Crippen LogP contribution in [0.5, 0.6) is 0 Å². The molecule has 0 saturated carbocycles. The Morgan fingerprint density at radius 1 is 1.09 bits per heavy atom. The SMILES string of the molecule is CC(C)(C)OC(=O)N1CC(O)CC1C(=O)O.c1ccccc1. The van der Waals surface area contributed by atoms with Gasteiger partial charge >= 0.3 is 12.1 Å². The molecule has 1 aliphatic heterocycles. The van der Waals surface area contributed by atoms with Gasteiger partial charge in [0.1, 0.15) is 11.6 Å². The van der Waals surface area contributed by atoms with Crippen molar-refractivity contribution in [1.82, 2.24) is 4.90 Å². The van der Waals surface area contributed by atoms with Gasteiger partial charge in [-0.25, -0.2) is 9.59 Å². The van der Waals surface area contributed by atoms with Crippen molar-refractivity contribution in [3.63, 3.8) is 0 Å². The van der Waals surface area contributed by atoms with Gasteiger partial charge in [-0.2, -0.15) is 0 Å². The molecule has 6 heteroatoms. The molecule has 1 aromatic carbocycles. The number of carbonyl (C=O) groups excluding carboxylic acids is 1. The third-order valence-corrected chi connectivity index (χ3v) is 2.86. The number of aliphatic hydroxyl groups is 1. The van der Waals surface area contributed by atoms with E-state index in [2.05, 4.69) is 0 Å². The maximum absolute atomic E-state index is 11.7. The fourth-order valence-electron chi connectivity index (χ4n) is 1.96. The van der Waals surface area contributed by atoms with E-state index >= 15 is 0 Å². The quantitative estimate of drug-likeness (QED) is 0.830. The molecule has 1 fully saturated rings. The fraction of sp³-hybridized carbons (Fsp3) is 0.500. The Balaban J connectivity index is 0.000000335. The smallest absolute Gasteiger partial charge is 0.411 e. The van der Waals surface area contributed by atoms with Crippen LogP contribution in [0.15, 0.2) is 36.4 Å². The molecular weight excluding hydrogens is 286 g/mol. The van der Waals surface area contributed by atoms with Crippen LogP contribution in [0.25, 0.3) is 0 Å². The van der Waals surface area contributed by atoms with E-state index in [-0.39, 0.29) is 13.0 Å². The topological polar surface area (TPSA) is 87.1 Å². The van der Waals surface area contributed by atoms with Crippen molar-refractivity contribution in [2.45, 2.75) is 44.9 Å². The van der Waals surface area contributed by atoms with Crippen molar-refractivity contribution in [2.75, 3.05) is 6.54 Å². The molecule has 122 valence electrons. The summed E-state index contributed by atoms with van der Waals surface area (Å²) in [6.45, 7) is 5.11. The first-order chi connectivity index (χ1) is 10.2. The minimum atomic E-state index is -1.12. The number of hydrogen-bond donors (Lipinski definition) is 2. The summed E-state index contributed by atoms with van der Waals surface area (Å²) in [4.78, 5) is 23.6. The second-order valence-corrected chi connectivity index (χ2v) is 6.03. The average molecular weight is 309 g/mol. The number of carboxylic acid groups (broad SMARTS) is 1. The number of carbonyl (C=O) groups is 2. The average Bonchev–Trinajstić information content (AvgIpc) is 2.82.